The maximum Gasteiger partial charge on any atom is 0.242 e. The number of carbonyl (C=O) groups excluding carboxylic acids is 1. The van der Waals surface area contributed by atoms with Crippen LogP contribution in [0.1, 0.15) is 32.4 Å². The zero-order valence-corrected chi connectivity index (χ0v) is 18.3. The zero-order valence-electron chi connectivity index (χ0n) is 16.7. The van der Waals surface area contributed by atoms with Crippen molar-refractivity contribution in [3.63, 3.8) is 0 Å². The third-order valence-electron chi connectivity index (χ3n) is 4.34. The SMILES string of the molecule is CC(C)c1cnc(-c2ccc(NC(=O)[C@H](C)NS(=O)(=O)c3ccc(Cl)cc3)cc2)o1. The van der Waals surface area contributed by atoms with Crippen LogP contribution in [0.25, 0.3) is 11.5 Å². The topological polar surface area (TPSA) is 101 Å². The maximum atomic E-state index is 12.4. The van der Waals surface area contributed by atoms with Gasteiger partial charge in [-0.25, -0.2) is 13.4 Å². The minimum atomic E-state index is -3.85. The number of halogens is 1. The number of nitrogens with zero attached hydrogens (tertiary/aromatic N) is 1. The average molecular weight is 448 g/mol. The van der Waals surface area contributed by atoms with Gasteiger partial charge >= 0.3 is 0 Å². The number of rotatable bonds is 7. The number of carbonyl (C=O) groups is 1. The number of nitrogens with one attached hydrogen (secondary N) is 2. The minimum absolute atomic E-state index is 0.0302. The lowest BCUT2D eigenvalue weighted by Crippen LogP contribution is -2.41. The van der Waals surface area contributed by atoms with Crippen molar-refractivity contribution in [3.05, 3.63) is 65.5 Å². The molecule has 3 aromatic rings. The Kier molecular flexibility index (Phi) is 6.60. The lowest BCUT2D eigenvalue weighted by molar-refractivity contribution is -0.117. The van der Waals surface area contributed by atoms with E-state index in [1.54, 1.807) is 30.5 Å². The van der Waals surface area contributed by atoms with E-state index < -0.39 is 22.0 Å². The molecule has 7 nitrogen and oxygen atoms in total. The minimum Gasteiger partial charge on any atom is -0.441 e. The molecule has 1 heterocycles. The second-order valence-electron chi connectivity index (χ2n) is 7.09. The summed E-state index contributed by atoms with van der Waals surface area (Å²) in [5.74, 6) is 1.05. The van der Waals surface area contributed by atoms with Gasteiger partial charge in [0.15, 0.2) is 0 Å². The first kappa shape index (κ1) is 22.0. The third-order valence-corrected chi connectivity index (χ3v) is 6.15. The molecular weight excluding hydrogens is 426 g/mol. The summed E-state index contributed by atoms with van der Waals surface area (Å²) in [4.78, 5) is 16.7. The second kappa shape index (κ2) is 8.99. The number of hydrogen-bond donors (Lipinski definition) is 2. The smallest absolute Gasteiger partial charge is 0.242 e. The number of amides is 1. The number of aromatic nitrogens is 1. The van der Waals surface area contributed by atoms with Crippen LogP contribution in [-0.2, 0) is 14.8 Å². The lowest BCUT2D eigenvalue weighted by Gasteiger charge is -2.14. The fourth-order valence-electron chi connectivity index (χ4n) is 2.60. The normalized spacial score (nSPS) is 12.7. The molecule has 1 atom stereocenters. The number of oxazole rings is 1. The Morgan fingerprint density at radius 1 is 1.03 bits per heavy atom. The Labute approximate surface area is 180 Å². The van der Waals surface area contributed by atoms with Gasteiger partial charge in [-0.05, 0) is 55.5 Å². The fourth-order valence-corrected chi connectivity index (χ4v) is 3.93. The summed E-state index contributed by atoms with van der Waals surface area (Å²) in [5.41, 5.74) is 1.30. The molecule has 2 N–H and O–H groups in total. The molecule has 158 valence electrons. The highest BCUT2D eigenvalue weighted by Gasteiger charge is 2.22. The van der Waals surface area contributed by atoms with E-state index in [1.807, 2.05) is 13.8 Å². The standard InChI is InChI=1S/C21H22ClN3O4S/c1-13(2)19-12-23-21(29-19)15-4-8-17(9-5-15)24-20(26)14(3)25-30(27,28)18-10-6-16(22)7-11-18/h4-14,25H,1-3H3,(H,24,26)/t14-/m0/s1. The predicted octanol–water partition coefficient (Wildman–Crippen LogP) is 4.42. The summed E-state index contributed by atoms with van der Waals surface area (Å²) in [6.07, 6.45) is 1.70. The van der Waals surface area contributed by atoms with E-state index in [2.05, 4.69) is 15.0 Å². The Bertz CT molecular complexity index is 1120. The van der Waals surface area contributed by atoms with Crippen LogP contribution in [0.4, 0.5) is 5.69 Å². The summed E-state index contributed by atoms with van der Waals surface area (Å²) >= 11 is 5.78. The summed E-state index contributed by atoms with van der Waals surface area (Å²) in [5, 5.41) is 3.11. The van der Waals surface area contributed by atoms with Crippen LogP contribution in [0.2, 0.25) is 5.02 Å². The van der Waals surface area contributed by atoms with Crippen molar-refractivity contribution in [3.8, 4) is 11.5 Å². The Balaban J connectivity index is 1.64. The van der Waals surface area contributed by atoms with Gasteiger partial charge in [-0.1, -0.05) is 25.4 Å². The van der Waals surface area contributed by atoms with Crippen molar-refractivity contribution in [2.45, 2.75) is 37.6 Å². The molecular formula is C21H22ClN3O4S. The Hall–Kier alpha value is -2.68. The molecule has 0 radical (unpaired) electrons. The molecule has 0 unspecified atom stereocenters. The maximum absolute atomic E-state index is 12.4. The monoisotopic (exact) mass is 447 g/mol. The molecule has 0 aliphatic rings. The van der Waals surface area contributed by atoms with Crippen molar-refractivity contribution in [1.82, 2.24) is 9.71 Å². The van der Waals surface area contributed by atoms with Crippen LogP contribution < -0.4 is 10.0 Å². The molecule has 0 saturated carbocycles. The highest BCUT2D eigenvalue weighted by atomic mass is 35.5. The molecule has 9 heteroatoms. The van der Waals surface area contributed by atoms with Crippen molar-refractivity contribution >= 4 is 33.2 Å². The summed E-state index contributed by atoms with van der Waals surface area (Å²) in [6.45, 7) is 5.51. The lowest BCUT2D eigenvalue weighted by atomic mass is 10.2. The molecule has 0 spiro atoms. The van der Waals surface area contributed by atoms with E-state index in [0.29, 0.717) is 16.6 Å². The van der Waals surface area contributed by atoms with Crippen molar-refractivity contribution in [2.75, 3.05) is 5.32 Å². The Morgan fingerprint density at radius 3 is 2.23 bits per heavy atom. The molecule has 0 aliphatic heterocycles. The largest absolute Gasteiger partial charge is 0.441 e. The van der Waals surface area contributed by atoms with Gasteiger partial charge in [0.1, 0.15) is 5.76 Å². The van der Waals surface area contributed by atoms with Crippen LogP contribution in [0, 0.1) is 0 Å². The van der Waals surface area contributed by atoms with Crippen LogP contribution in [0.15, 0.2) is 64.0 Å². The quantitative estimate of drug-likeness (QED) is 0.558. The molecule has 0 saturated heterocycles. The zero-order chi connectivity index (χ0) is 21.9. The van der Waals surface area contributed by atoms with E-state index in [-0.39, 0.29) is 10.8 Å². The molecule has 0 aliphatic carbocycles. The Morgan fingerprint density at radius 2 is 1.67 bits per heavy atom. The van der Waals surface area contributed by atoms with E-state index in [9.17, 15) is 13.2 Å². The number of sulfonamides is 1. The van der Waals surface area contributed by atoms with E-state index in [4.69, 9.17) is 16.0 Å². The highest BCUT2D eigenvalue weighted by molar-refractivity contribution is 7.89. The molecule has 0 bridgehead atoms. The fraction of sp³-hybridized carbons (Fsp3) is 0.238. The van der Waals surface area contributed by atoms with Gasteiger partial charge in [-0.15, -0.1) is 0 Å². The number of hydrogen-bond acceptors (Lipinski definition) is 5. The molecule has 1 amide bonds. The van der Waals surface area contributed by atoms with Gasteiger partial charge in [0.25, 0.3) is 0 Å². The summed E-state index contributed by atoms with van der Waals surface area (Å²) in [6, 6.07) is 11.7. The molecule has 1 aromatic heterocycles. The first-order valence-electron chi connectivity index (χ1n) is 9.30. The molecule has 2 aromatic carbocycles. The van der Waals surface area contributed by atoms with Gasteiger partial charge < -0.3 is 9.73 Å². The van der Waals surface area contributed by atoms with Crippen LogP contribution in [-0.4, -0.2) is 25.4 Å². The summed E-state index contributed by atoms with van der Waals surface area (Å²) in [7, 11) is -3.85. The van der Waals surface area contributed by atoms with Gasteiger partial charge in [-0.3, -0.25) is 4.79 Å². The van der Waals surface area contributed by atoms with Gasteiger partial charge in [-0.2, -0.15) is 4.72 Å². The second-order valence-corrected chi connectivity index (χ2v) is 9.24. The first-order valence-corrected chi connectivity index (χ1v) is 11.2. The van der Waals surface area contributed by atoms with Gasteiger partial charge in [0.2, 0.25) is 21.8 Å². The number of anilines is 1. The van der Waals surface area contributed by atoms with Crippen LogP contribution in [0.5, 0.6) is 0 Å². The van der Waals surface area contributed by atoms with Crippen molar-refractivity contribution in [2.24, 2.45) is 0 Å². The van der Waals surface area contributed by atoms with Crippen molar-refractivity contribution in [1.29, 1.82) is 0 Å². The van der Waals surface area contributed by atoms with E-state index in [1.165, 1.54) is 31.2 Å². The average Bonchev–Trinajstić information content (AvgIpc) is 3.19. The van der Waals surface area contributed by atoms with Crippen molar-refractivity contribution < 1.29 is 17.6 Å². The predicted molar refractivity (Wildman–Crippen MR) is 116 cm³/mol. The van der Waals surface area contributed by atoms with Crippen LogP contribution >= 0.6 is 11.6 Å². The highest BCUT2D eigenvalue weighted by Crippen LogP contribution is 2.24. The van der Waals surface area contributed by atoms with Crippen LogP contribution in [0.3, 0.4) is 0 Å². The molecule has 3 rings (SSSR count). The summed E-state index contributed by atoms with van der Waals surface area (Å²) < 4.78 is 32.9. The van der Waals surface area contributed by atoms with Gasteiger partial charge in [0, 0.05) is 22.2 Å². The number of benzene rings is 2. The third kappa shape index (κ3) is 5.27. The first-order chi connectivity index (χ1) is 14.2. The van der Waals surface area contributed by atoms with E-state index >= 15 is 0 Å². The van der Waals surface area contributed by atoms with E-state index in [0.717, 1.165) is 11.3 Å². The molecule has 0 fully saturated rings. The van der Waals surface area contributed by atoms with Gasteiger partial charge in [0.05, 0.1) is 17.1 Å². The molecule has 30 heavy (non-hydrogen) atoms.